The molecule has 2 heterocycles. The minimum atomic E-state index is -1.31. The van der Waals surface area contributed by atoms with E-state index in [9.17, 15) is 14.7 Å². The number of hydrogen-bond acceptors (Lipinski definition) is 4. The summed E-state index contributed by atoms with van der Waals surface area (Å²) in [7, 11) is 0. The van der Waals surface area contributed by atoms with Gasteiger partial charge in [0.15, 0.2) is 11.3 Å². The molecule has 0 radical (unpaired) electrons. The van der Waals surface area contributed by atoms with Crippen LogP contribution in [0, 0.1) is 0 Å². The molecule has 0 spiro atoms. The maximum Gasteiger partial charge on any atom is 0.357 e. The van der Waals surface area contributed by atoms with Crippen LogP contribution in [0.3, 0.4) is 0 Å². The van der Waals surface area contributed by atoms with Crippen LogP contribution in [0.25, 0.3) is 33.8 Å². The van der Waals surface area contributed by atoms with Crippen molar-refractivity contribution in [2.45, 2.75) is 19.8 Å². The number of halogens is 1. The van der Waals surface area contributed by atoms with E-state index in [4.69, 9.17) is 16.6 Å². The van der Waals surface area contributed by atoms with Gasteiger partial charge in [0.1, 0.15) is 11.2 Å². The van der Waals surface area contributed by atoms with Crippen molar-refractivity contribution in [3.8, 4) is 22.8 Å². The molecule has 0 bridgehead atoms. The summed E-state index contributed by atoms with van der Waals surface area (Å²) in [5.74, 6) is -0.593. The standard InChI is InChI=1S/C27H21ClN4O3/c1-16(2)17-8-10-18(11-9-17)24-29-25-22(26(33)31(24)20-14-12-19(28)13-15-20)23(27(34)35)30-32(25)21-6-4-3-5-7-21/h3-16H,1-2H3,(H,34,35). The first-order valence-corrected chi connectivity index (χ1v) is 11.4. The van der Waals surface area contributed by atoms with E-state index in [1.807, 2.05) is 42.5 Å². The van der Waals surface area contributed by atoms with Crippen molar-refractivity contribution in [1.82, 2.24) is 19.3 Å². The zero-order valence-corrected chi connectivity index (χ0v) is 19.8. The monoisotopic (exact) mass is 484 g/mol. The molecule has 7 nitrogen and oxygen atoms in total. The molecule has 0 aliphatic carbocycles. The van der Waals surface area contributed by atoms with Gasteiger partial charge >= 0.3 is 5.97 Å². The number of benzene rings is 3. The SMILES string of the molecule is CC(C)c1ccc(-c2nc3c(c(C(=O)O)nn3-c3ccccc3)c(=O)n2-c2ccc(Cl)cc2)cc1. The smallest absolute Gasteiger partial charge is 0.357 e. The number of nitrogens with zero attached hydrogens (tertiary/aromatic N) is 4. The van der Waals surface area contributed by atoms with Crippen LogP contribution < -0.4 is 5.56 Å². The van der Waals surface area contributed by atoms with Crippen molar-refractivity contribution in [3.63, 3.8) is 0 Å². The van der Waals surface area contributed by atoms with E-state index in [1.54, 1.807) is 36.4 Å². The predicted octanol–water partition coefficient (Wildman–Crippen LogP) is 5.71. The molecule has 5 rings (SSSR count). The number of aromatic carboxylic acids is 1. The Hall–Kier alpha value is -4.23. The van der Waals surface area contributed by atoms with Crippen molar-refractivity contribution < 1.29 is 9.90 Å². The zero-order valence-electron chi connectivity index (χ0n) is 19.0. The fourth-order valence-corrected chi connectivity index (χ4v) is 4.13. The lowest BCUT2D eigenvalue weighted by molar-refractivity contribution is 0.0692. The third kappa shape index (κ3) is 4.00. The van der Waals surface area contributed by atoms with Gasteiger partial charge in [-0.1, -0.05) is 67.9 Å². The fourth-order valence-electron chi connectivity index (χ4n) is 4.01. The second-order valence-electron chi connectivity index (χ2n) is 8.43. The van der Waals surface area contributed by atoms with Gasteiger partial charge in [0.2, 0.25) is 0 Å². The van der Waals surface area contributed by atoms with Gasteiger partial charge in [-0.3, -0.25) is 9.36 Å². The van der Waals surface area contributed by atoms with E-state index in [-0.39, 0.29) is 16.7 Å². The van der Waals surface area contributed by atoms with E-state index in [1.165, 1.54) is 9.25 Å². The first kappa shape index (κ1) is 22.6. The zero-order chi connectivity index (χ0) is 24.7. The van der Waals surface area contributed by atoms with Crippen molar-refractivity contribution >= 4 is 28.6 Å². The lowest BCUT2D eigenvalue weighted by Crippen LogP contribution is -2.23. The molecular formula is C27H21ClN4O3. The molecule has 35 heavy (non-hydrogen) atoms. The number of fused-ring (bicyclic) bond motifs is 1. The predicted molar refractivity (Wildman–Crippen MR) is 136 cm³/mol. The largest absolute Gasteiger partial charge is 0.476 e. The summed E-state index contributed by atoms with van der Waals surface area (Å²) >= 11 is 6.08. The highest BCUT2D eigenvalue weighted by atomic mass is 35.5. The van der Waals surface area contributed by atoms with E-state index < -0.39 is 11.5 Å². The van der Waals surface area contributed by atoms with E-state index in [2.05, 4.69) is 18.9 Å². The van der Waals surface area contributed by atoms with E-state index in [0.717, 1.165) is 5.56 Å². The average Bonchev–Trinajstić information content (AvgIpc) is 3.26. The number of carboxylic acid groups (broad SMARTS) is 1. The van der Waals surface area contributed by atoms with Gasteiger partial charge in [0, 0.05) is 10.6 Å². The molecule has 2 aromatic heterocycles. The van der Waals surface area contributed by atoms with Crippen LogP contribution in [0.5, 0.6) is 0 Å². The molecular weight excluding hydrogens is 464 g/mol. The molecule has 0 aliphatic heterocycles. The Morgan fingerprint density at radius 2 is 1.57 bits per heavy atom. The van der Waals surface area contributed by atoms with Gasteiger partial charge in [0.25, 0.3) is 5.56 Å². The highest BCUT2D eigenvalue weighted by Crippen LogP contribution is 2.27. The van der Waals surface area contributed by atoms with Crippen molar-refractivity contribution in [1.29, 1.82) is 0 Å². The normalized spacial score (nSPS) is 11.3. The number of para-hydroxylation sites is 1. The second kappa shape index (κ2) is 8.85. The summed E-state index contributed by atoms with van der Waals surface area (Å²) in [5.41, 5.74) is 2.26. The molecule has 3 aromatic carbocycles. The van der Waals surface area contributed by atoms with E-state index in [0.29, 0.717) is 33.7 Å². The summed E-state index contributed by atoms with van der Waals surface area (Å²) in [6.45, 7) is 4.21. The Morgan fingerprint density at radius 3 is 2.17 bits per heavy atom. The summed E-state index contributed by atoms with van der Waals surface area (Å²) in [6, 6.07) is 23.6. The lowest BCUT2D eigenvalue weighted by Gasteiger charge is -2.14. The molecule has 0 amide bonds. The molecule has 0 aliphatic rings. The van der Waals surface area contributed by atoms with Gasteiger partial charge in [0.05, 0.1) is 11.4 Å². The summed E-state index contributed by atoms with van der Waals surface area (Å²) < 4.78 is 2.81. The minimum Gasteiger partial charge on any atom is -0.476 e. The number of rotatable bonds is 5. The molecule has 174 valence electrons. The average molecular weight is 485 g/mol. The second-order valence-corrected chi connectivity index (χ2v) is 8.87. The Morgan fingerprint density at radius 1 is 0.914 bits per heavy atom. The lowest BCUT2D eigenvalue weighted by atomic mass is 10.0. The van der Waals surface area contributed by atoms with Gasteiger partial charge in [-0.2, -0.15) is 5.10 Å². The van der Waals surface area contributed by atoms with Crippen LogP contribution in [-0.2, 0) is 0 Å². The maximum atomic E-state index is 13.9. The summed E-state index contributed by atoms with van der Waals surface area (Å²) in [4.78, 5) is 30.8. The molecule has 0 saturated carbocycles. The molecule has 8 heteroatoms. The van der Waals surface area contributed by atoms with Crippen molar-refractivity contribution in [3.05, 3.63) is 105 Å². The first-order chi connectivity index (χ1) is 16.8. The Labute approximate surface area is 205 Å². The quantitative estimate of drug-likeness (QED) is 0.345. The van der Waals surface area contributed by atoms with Crippen molar-refractivity contribution in [2.75, 3.05) is 0 Å². The number of carbonyl (C=O) groups is 1. The van der Waals surface area contributed by atoms with Crippen LogP contribution in [0.2, 0.25) is 5.02 Å². The van der Waals surface area contributed by atoms with Gasteiger partial charge in [-0.25, -0.2) is 14.5 Å². The molecule has 0 atom stereocenters. The van der Waals surface area contributed by atoms with Gasteiger partial charge in [-0.05, 0) is 47.9 Å². The maximum absolute atomic E-state index is 13.9. The van der Waals surface area contributed by atoms with Crippen LogP contribution in [0.1, 0.15) is 35.8 Å². The van der Waals surface area contributed by atoms with Crippen LogP contribution in [-0.4, -0.2) is 30.4 Å². The molecule has 5 aromatic rings. The van der Waals surface area contributed by atoms with E-state index >= 15 is 0 Å². The Kier molecular flexibility index (Phi) is 5.70. The topological polar surface area (TPSA) is 90.0 Å². The number of aromatic nitrogens is 4. The van der Waals surface area contributed by atoms with Gasteiger partial charge in [-0.15, -0.1) is 0 Å². The molecule has 0 saturated heterocycles. The molecule has 0 fully saturated rings. The number of hydrogen-bond donors (Lipinski definition) is 1. The molecule has 0 unspecified atom stereocenters. The number of carboxylic acids is 1. The van der Waals surface area contributed by atoms with Gasteiger partial charge < -0.3 is 5.11 Å². The Balaban J connectivity index is 1.89. The Bertz CT molecular complexity index is 1600. The van der Waals surface area contributed by atoms with Crippen LogP contribution in [0.15, 0.2) is 83.7 Å². The van der Waals surface area contributed by atoms with Crippen molar-refractivity contribution in [2.24, 2.45) is 0 Å². The summed E-state index contributed by atoms with van der Waals surface area (Å²) in [6.07, 6.45) is 0. The highest BCUT2D eigenvalue weighted by Gasteiger charge is 2.25. The third-order valence-electron chi connectivity index (χ3n) is 5.83. The van der Waals surface area contributed by atoms with Crippen LogP contribution >= 0.6 is 11.6 Å². The fraction of sp³-hybridized carbons (Fsp3) is 0.111. The van der Waals surface area contributed by atoms with Crippen LogP contribution in [0.4, 0.5) is 0 Å². The minimum absolute atomic E-state index is 0.0705. The summed E-state index contributed by atoms with van der Waals surface area (Å²) in [5, 5.41) is 14.6. The highest BCUT2D eigenvalue weighted by molar-refractivity contribution is 6.30. The first-order valence-electron chi connectivity index (χ1n) is 11.1. The molecule has 1 N–H and O–H groups in total. The third-order valence-corrected chi connectivity index (χ3v) is 6.08.